The molecule has 5 rings (SSSR count). The Kier molecular flexibility index (Phi) is 2.88. The zero-order valence-electron chi connectivity index (χ0n) is 12.4. The molecule has 23 heavy (non-hydrogen) atoms. The first-order valence-corrected chi connectivity index (χ1v) is 8.84. The molecule has 0 bridgehead atoms. The number of para-hydroxylation sites is 1. The first-order valence-electron chi connectivity index (χ1n) is 7.76. The SMILES string of the molecule is Ic1ccc2c(c1)n1c3c(nc1n2-c1ccccc1)C=CCC3. The Hall–Kier alpha value is -2.08. The third-order valence-electron chi connectivity index (χ3n) is 4.44. The summed E-state index contributed by atoms with van der Waals surface area (Å²) in [4.78, 5) is 4.93. The molecule has 0 atom stereocenters. The van der Waals surface area contributed by atoms with Crippen molar-refractivity contribution in [1.29, 1.82) is 0 Å². The molecule has 112 valence electrons. The monoisotopic (exact) mass is 411 g/mol. The van der Waals surface area contributed by atoms with E-state index in [2.05, 4.69) is 92.2 Å². The number of allylic oxidation sites excluding steroid dienone is 1. The summed E-state index contributed by atoms with van der Waals surface area (Å²) < 4.78 is 5.84. The molecule has 1 aliphatic carbocycles. The van der Waals surface area contributed by atoms with Crippen LogP contribution >= 0.6 is 22.6 Å². The Bertz CT molecular complexity index is 1070. The Morgan fingerprint density at radius 1 is 1.00 bits per heavy atom. The summed E-state index contributed by atoms with van der Waals surface area (Å²) >= 11 is 2.38. The number of fused-ring (bicyclic) bond motifs is 5. The molecule has 4 heteroatoms. The lowest BCUT2D eigenvalue weighted by molar-refractivity contribution is 0.920. The minimum absolute atomic E-state index is 1.00. The van der Waals surface area contributed by atoms with Crippen LogP contribution in [-0.4, -0.2) is 14.0 Å². The van der Waals surface area contributed by atoms with Gasteiger partial charge in [0.25, 0.3) is 0 Å². The van der Waals surface area contributed by atoms with Gasteiger partial charge in [0.2, 0.25) is 5.78 Å². The summed E-state index contributed by atoms with van der Waals surface area (Å²) in [5.74, 6) is 1.00. The van der Waals surface area contributed by atoms with Crippen molar-refractivity contribution in [2.24, 2.45) is 0 Å². The largest absolute Gasteiger partial charge is 0.280 e. The molecule has 3 nitrogen and oxygen atoms in total. The van der Waals surface area contributed by atoms with Crippen LogP contribution in [0.2, 0.25) is 0 Å². The van der Waals surface area contributed by atoms with Gasteiger partial charge in [-0.25, -0.2) is 4.98 Å². The van der Waals surface area contributed by atoms with Crippen LogP contribution in [0.1, 0.15) is 17.8 Å². The molecule has 0 saturated heterocycles. The van der Waals surface area contributed by atoms with Gasteiger partial charge in [0.15, 0.2) is 0 Å². The van der Waals surface area contributed by atoms with Gasteiger partial charge in [0.1, 0.15) is 0 Å². The summed E-state index contributed by atoms with van der Waals surface area (Å²) in [5, 5.41) is 0. The molecule has 2 aromatic heterocycles. The molecule has 0 unspecified atom stereocenters. The molecular weight excluding hydrogens is 397 g/mol. The van der Waals surface area contributed by atoms with Gasteiger partial charge in [-0.15, -0.1) is 0 Å². The minimum atomic E-state index is 1.00. The number of benzene rings is 2. The van der Waals surface area contributed by atoms with E-state index >= 15 is 0 Å². The average molecular weight is 411 g/mol. The van der Waals surface area contributed by atoms with Gasteiger partial charge in [-0.05, 0) is 71.8 Å². The zero-order chi connectivity index (χ0) is 15.4. The van der Waals surface area contributed by atoms with Crippen molar-refractivity contribution < 1.29 is 0 Å². The van der Waals surface area contributed by atoms with Gasteiger partial charge in [0.05, 0.1) is 22.4 Å². The lowest BCUT2D eigenvalue weighted by Crippen LogP contribution is -1.96. The molecule has 0 N–H and O–H groups in total. The van der Waals surface area contributed by atoms with Crippen molar-refractivity contribution in [3.8, 4) is 5.69 Å². The molecule has 2 heterocycles. The minimum Gasteiger partial charge on any atom is -0.280 e. The second kappa shape index (κ2) is 4.96. The number of rotatable bonds is 1. The Morgan fingerprint density at radius 3 is 2.74 bits per heavy atom. The predicted octanol–water partition coefficient (Wildman–Crippen LogP) is 4.84. The highest BCUT2D eigenvalue weighted by Crippen LogP contribution is 2.31. The van der Waals surface area contributed by atoms with Gasteiger partial charge in [-0.1, -0.05) is 24.3 Å². The van der Waals surface area contributed by atoms with E-state index in [0.717, 1.165) is 30.0 Å². The van der Waals surface area contributed by atoms with E-state index in [9.17, 15) is 0 Å². The van der Waals surface area contributed by atoms with Gasteiger partial charge < -0.3 is 0 Å². The van der Waals surface area contributed by atoms with Crippen LogP contribution in [0.25, 0.3) is 28.6 Å². The summed E-state index contributed by atoms with van der Waals surface area (Å²) in [6.07, 6.45) is 6.50. The van der Waals surface area contributed by atoms with Crippen molar-refractivity contribution in [1.82, 2.24) is 14.0 Å². The van der Waals surface area contributed by atoms with Crippen LogP contribution in [0.3, 0.4) is 0 Å². The van der Waals surface area contributed by atoms with Crippen LogP contribution in [0.15, 0.2) is 54.6 Å². The third kappa shape index (κ3) is 1.91. The van der Waals surface area contributed by atoms with E-state index in [1.54, 1.807) is 0 Å². The molecule has 2 aromatic carbocycles. The fourth-order valence-electron chi connectivity index (χ4n) is 3.45. The van der Waals surface area contributed by atoms with Crippen LogP contribution < -0.4 is 0 Å². The lowest BCUT2D eigenvalue weighted by Gasteiger charge is -2.06. The highest BCUT2D eigenvalue weighted by molar-refractivity contribution is 14.1. The fraction of sp³-hybridized carbons (Fsp3) is 0.105. The Labute approximate surface area is 147 Å². The summed E-state index contributed by atoms with van der Waals surface area (Å²) in [7, 11) is 0. The smallest absolute Gasteiger partial charge is 0.220 e. The topological polar surface area (TPSA) is 22.2 Å². The second-order valence-corrected chi connectivity index (χ2v) is 7.07. The molecule has 0 radical (unpaired) electrons. The third-order valence-corrected chi connectivity index (χ3v) is 5.11. The predicted molar refractivity (Wildman–Crippen MR) is 102 cm³/mol. The van der Waals surface area contributed by atoms with Gasteiger partial charge in [-0.2, -0.15) is 0 Å². The van der Waals surface area contributed by atoms with E-state index in [1.165, 1.54) is 20.3 Å². The Morgan fingerprint density at radius 2 is 1.87 bits per heavy atom. The number of hydrogen-bond acceptors (Lipinski definition) is 1. The van der Waals surface area contributed by atoms with E-state index in [1.807, 2.05) is 0 Å². The van der Waals surface area contributed by atoms with Crippen molar-refractivity contribution in [2.75, 3.05) is 0 Å². The first kappa shape index (κ1) is 13.4. The van der Waals surface area contributed by atoms with Crippen LogP contribution in [0, 0.1) is 3.57 Å². The van der Waals surface area contributed by atoms with E-state index in [4.69, 9.17) is 4.98 Å². The number of halogens is 1. The lowest BCUT2D eigenvalue weighted by atomic mass is 10.1. The summed E-state index contributed by atoms with van der Waals surface area (Å²) in [5.41, 5.74) is 6.03. The van der Waals surface area contributed by atoms with Crippen LogP contribution in [-0.2, 0) is 6.42 Å². The molecule has 1 aliphatic rings. The van der Waals surface area contributed by atoms with Gasteiger partial charge >= 0.3 is 0 Å². The zero-order valence-corrected chi connectivity index (χ0v) is 14.6. The number of hydrogen-bond donors (Lipinski definition) is 0. The van der Waals surface area contributed by atoms with E-state index in [-0.39, 0.29) is 0 Å². The molecule has 0 saturated carbocycles. The van der Waals surface area contributed by atoms with Crippen molar-refractivity contribution in [3.63, 3.8) is 0 Å². The molecular formula is C19H14IN3. The quantitative estimate of drug-likeness (QED) is 0.411. The van der Waals surface area contributed by atoms with Crippen molar-refractivity contribution in [2.45, 2.75) is 12.8 Å². The number of aryl methyl sites for hydroxylation is 1. The first-order chi connectivity index (χ1) is 11.3. The van der Waals surface area contributed by atoms with E-state index < -0.39 is 0 Å². The summed E-state index contributed by atoms with van der Waals surface area (Å²) in [6.45, 7) is 0. The van der Waals surface area contributed by atoms with Gasteiger partial charge in [0, 0.05) is 9.26 Å². The number of nitrogens with zero attached hydrogens (tertiary/aromatic N) is 3. The maximum Gasteiger partial charge on any atom is 0.220 e. The highest BCUT2D eigenvalue weighted by Gasteiger charge is 2.20. The molecule has 0 amide bonds. The average Bonchev–Trinajstić information content (AvgIpc) is 3.10. The second-order valence-electron chi connectivity index (χ2n) is 5.82. The molecule has 0 aliphatic heterocycles. The van der Waals surface area contributed by atoms with Crippen molar-refractivity contribution >= 4 is 45.5 Å². The number of imidazole rings is 2. The molecule has 0 fully saturated rings. The maximum atomic E-state index is 4.93. The molecule has 0 spiro atoms. The van der Waals surface area contributed by atoms with Crippen molar-refractivity contribution in [3.05, 3.63) is 69.6 Å². The standard InChI is InChI=1S/C19H14IN3/c20-13-10-11-17-18(12-13)23-16-9-5-4-8-15(16)21-19(23)22(17)14-6-2-1-3-7-14/h1-4,6-8,10-12H,5,9H2. The fourth-order valence-corrected chi connectivity index (χ4v) is 3.93. The van der Waals surface area contributed by atoms with Gasteiger partial charge in [-0.3, -0.25) is 8.97 Å². The maximum absolute atomic E-state index is 4.93. The normalized spacial score (nSPS) is 13.8. The number of aromatic nitrogens is 3. The summed E-state index contributed by atoms with van der Waals surface area (Å²) in [6, 6.07) is 17.1. The Balaban J connectivity index is 1.99. The highest BCUT2D eigenvalue weighted by atomic mass is 127. The van der Waals surface area contributed by atoms with E-state index in [0.29, 0.717) is 0 Å². The van der Waals surface area contributed by atoms with Crippen LogP contribution in [0.5, 0.6) is 0 Å². The van der Waals surface area contributed by atoms with Crippen LogP contribution in [0.4, 0.5) is 0 Å². The molecule has 4 aromatic rings.